The molecule has 0 radical (unpaired) electrons. The van der Waals surface area contributed by atoms with E-state index in [1.807, 2.05) is 13.1 Å². The monoisotopic (exact) mass is 301 g/mol. The van der Waals surface area contributed by atoms with Crippen LogP contribution in [-0.2, 0) is 0 Å². The second-order valence-electron chi connectivity index (χ2n) is 2.84. The Bertz CT molecular complexity index is 465. The van der Waals surface area contributed by atoms with Crippen molar-refractivity contribution < 1.29 is 0 Å². The van der Waals surface area contributed by atoms with E-state index in [1.165, 1.54) is 0 Å². The maximum atomic E-state index is 5.51. The number of rotatable bonds is 1. The first-order chi connectivity index (χ1) is 6.66. The van der Waals surface area contributed by atoms with Gasteiger partial charge in [-0.3, -0.25) is 0 Å². The van der Waals surface area contributed by atoms with E-state index >= 15 is 0 Å². The molecule has 0 saturated carbocycles. The van der Waals surface area contributed by atoms with Gasteiger partial charge in [-0.25, -0.2) is 9.67 Å². The van der Waals surface area contributed by atoms with Gasteiger partial charge in [0, 0.05) is 18.0 Å². The molecule has 2 N–H and O–H groups in total. The summed E-state index contributed by atoms with van der Waals surface area (Å²) in [4.78, 5) is 8.02. The van der Waals surface area contributed by atoms with Crippen molar-refractivity contribution >= 4 is 28.5 Å². The number of nitrogen functional groups attached to an aromatic ring is 1. The highest BCUT2D eigenvalue weighted by Gasteiger charge is 2.05. The van der Waals surface area contributed by atoms with E-state index in [0.29, 0.717) is 0 Å². The minimum atomic E-state index is 0.260. The molecule has 0 unspecified atom stereocenters. The first-order valence-electron chi connectivity index (χ1n) is 3.96. The predicted molar refractivity (Wildman–Crippen MR) is 61.0 cm³/mol. The molecule has 2 rings (SSSR count). The molecule has 0 aliphatic rings. The van der Waals surface area contributed by atoms with Gasteiger partial charge < -0.3 is 5.73 Å². The molecule has 6 heteroatoms. The van der Waals surface area contributed by atoms with Crippen LogP contribution in [0.15, 0.2) is 18.6 Å². The standard InChI is InChI=1S/C8H8IN5/c1-5-2-11-8(10)13-7(5)14-4-6(9)3-12-14/h2-4H,1H3,(H2,10,11,13). The molecule has 0 aromatic carbocycles. The van der Waals surface area contributed by atoms with Crippen LogP contribution in [0.2, 0.25) is 0 Å². The largest absolute Gasteiger partial charge is 0.368 e. The van der Waals surface area contributed by atoms with Gasteiger partial charge in [-0.1, -0.05) is 0 Å². The van der Waals surface area contributed by atoms with Gasteiger partial charge in [-0.05, 0) is 29.5 Å². The summed E-state index contributed by atoms with van der Waals surface area (Å²) in [6, 6.07) is 0. The summed E-state index contributed by atoms with van der Waals surface area (Å²) in [5, 5.41) is 4.15. The maximum absolute atomic E-state index is 5.51. The Balaban J connectivity index is 2.55. The summed E-state index contributed by atoms with van der Waals surface area (Å²) in [5.41, 5.74) is 6.45. The van der Waals surface area contributed by atoms with Crippen LogP contribution in [0.4, 0.5) is 5.95 Å². The Morgan fingerprint density at radius 2 is 2.21 bits per heavy atom. The van der Waals surface area contributed by atoms with E-state index in [9.17, 15) is 0 Å². The van der Waals surface area contributed by atoms with Gasteiger partial charge in [0.05, 0.1) is 9.77 Å². The second kappa shape index (κ2) is 3.52. The Kier molecular flexibility index (Phi) is 2.36. The molecule has 0 amide bonds. The van der Waals surface area contributed by atoms with Crippen molar-refractivity contribution in [2.45, 2.75) is 6.92 Å². The number of nitrogens with zero attached hydrogens (tertiary/aromatic N) is 4. The van der Waals surface area contributed by atoms with E-state index in [1.54, 1.807) is 17.1 Å². The smallest absolute Gasteiger partial charge is 0.222 e. The van der Waals surface area contributed by atoms with Gasteiger partial charge in [0.25, 0.3) is 0 Å². The van der Waals surface area contributed by atoms with Gasteiger partial charge in [0.2, 0.25) is 5.95 Å². The quantitative estimate of drug-likeness (QED) is 0.802. The van der Waals surface area contributed by atoms with Crippen LogP contribution < -0.4 is 5.73 Å². The molecule has 0 bridgehead atoms. The highest BCUT2D eigenvalue weighted by Crippen LogP contribution is 2.11. The van der Waals surface area contributed by atoms with Crippen molar-refractivity contribution in [2.75, 3.05) is 5.73 Å². The van der Waals surface area contributed by atoms with Gasteiger partial charge in [-0.2, -0.15) is 10.1 Å². The molecule has 0 spiro atoms. The van der Waals surface area contributed by atoms with Crippen LogP contribution in [0.25, 0.3) is 5.82 Å². The Morgan fingerprint density at radius 1 is 1.43 bits per heavy atom. The van der Waals surface area contributed by atoms with Crippen molar-refractivity contribution in [1.29, 1.82) is 0 Å². The van der Waals surface area contributed by atoms with Crippen LogP contribution >= 0.6 is 22.6 Å². The lowest BCUT2D eigenvalue weighted by atomic mass is 10.3. The van der Waals surface area contributed by atoms with E-state index in [-0.39, 0.29) is 5.95 Å². The topological polar surface area (TPSA) is 69.6 Å². The molecular weight excluding hydrogens is 293 g/mol. The van der Waals surface area contributed by atoms with E-state index in [0.717, 1.165) is 15.0 Å². The fraction of sp³-hybridized carbons (Fsp3) is 0.125. The summed E-state index contributed by atoms with van der Waals surface area (Å²) in [7, 11) is 0. The fourth-order valence-corrected chi connectivity index (χ4v) is 1.48. The van der Waals surface area contributed by atoms with Crippen molar-refractivity contribution in [1.82, 2.24) is 19.7 Å². The molecule has 0 aliphatic carbocycles. The van der Waals surface area contributed by atoms with Crippen molar-refractivity contribution in [3.63, 3.8) is 0 Å². The Morgan fingerprint density at radius 3 is 2.86 bits per heavy atom. The first kappa shape index (κ1) is 9.38. The molecule has 14 heavy (non-hydrogen) atoms. The lowest BCUT2D eigenvalue weighted by molar-refractivity contribution is 0.832. The molecule has 72 valence electrons. The van der Waals surface area contributed by atoms with Crippen LogP contribution in [0.5, 0.6) is 0 Å². The summed E-state index contributed by atoms with van der Waals surface area (Å²) >= 11 is 2.19. The summed E-state index contributed by atoms with van der Waals surface area (Å²) in [6.45, 7) is 1.92. The zero-order valence-corrected chi connectivity index (χ0v) is 9.63. The van der Waals surface area contributed by atoms with E-state index in [2.05, 4.69) is 37.7 Å². The van der Waals surface area contributed by atoms with Crippen molar-refractivity contribution in [3.8, 4) is 5.82 Å². The van der Waals surface area contributed by atoms with Crippen molar-refractivity contribution in [2.24, 2.45) is 0 Å². The minimum Gasteiger partial charge on any atom is -0.368 e. The highest BCUT2D eigenvalue weighted by atomic mass is 127. The third kappa shape index (κ3) is 1.69. The van der Waals surface area contributed by atoms with E-state index < -0.39 is 0 Å². The zero-order chi connectivity index (χ0) is 10.1. The van der Waals surface area contributed by atoms with Crippen LogP contribution in [0.1, 0.15) is 5.56 Å². The van der Waals surface area contributed by atoms with Crippen LogP contribution in [-0.4, -0.2) is 19.7 Å². The number of hydrogen-bond acceptors (Lipinski definition) is 4. The Labute approximate surface area is 94.5 Å². The average Bonchev–Trinajstić information content (AvgIpc) is 2.56. The molecule has 2 heterocycles. The van der Waals surface area contributed by atoms with Crippen molar-refractivity contribution in [3.05, 3.63) is 27.7 Å². The predicted octanol–water partition coefficient (Wildman–Crippen LogP) is 1.16. The van der Waals surface area contributed by atoms with Gasteiger partial charge in [0.15, 0.2) is 5.82 Å². The van der Waals surface area contributed by atoms with Crippen LogP contribution in [0.3, 0.4) is 0 Å². The van der Waals surface area contributed by atoms with Crippen LogP contribution in [0, 0.1) is 10.5 Å². The van der Waals surface area contributed by atoms with Gasteiger partial charge in [-0.15, -0.1) is 0 Å². The normalized spacial score (nSPS) is 10.4. The molecule has 0 fully saturated rings. The summed E-state index contributed by atoms with van der Waals surface area (Å²) < 4.78 is 2.74. The summed E-state index contributed by atoms with van der Waals surface area (Å²) in [6.07, 6.45) is 5.33. The Hall–Kier alpha value is -1.18. The minimum absolute atomic E-state index is 0.260. The first-order valence-corrected chi connectivity index (χ1v) is 5.04. The van der Waals surface area contributed by atoms with E-state index in [4.69, 9.17) is 5.73 Å². The lowest BCUT2D eigenvalue weighted by Crippen LogP contribution is -2.05. The number of nitrogens with two attached hydrogens (primary N) is 1. The molecule has 0 atom stereocenters. The third-order valence-electron chi connectivity index (χ3n) is 1.73. The van der Waals surface area contributed by atoms with Gasteiger partial charge in [0.1, 0.15) is 0 Å². The molecule has 0 saturated heterocycles. The lowest BCUT2D eigenvalue weighted by Gasteiger charge is -2.03. The fourth-order valence-electron chi connectivity index (χ4n) is 1.09. The average molecular weight is 301 g/mol. The molecule has 2 aromatic rings. The zero-order valence-electron chi connectivity index (χ0n) is 7.48. The molecule has 2 aromatic heterocycles. The number of halogens is 1. The number of anilines is 1. The SMILES string of the molecule is Cc1cnc(N)nc1-n1cc(I)cn1. The number of hydrogen-bond donors (Lipinski definition) is 1. The molecule has 5 nitrogen and oxygen atoms in total. The highest BCUT2D eigenvalue weighted by molar-refractivity contribution is 14.1. The number of aryl methyl sites for hydroxylation is 1. The molecular formula is C8H8IN5. The summed E-state index contributed by atoms with van der Waals surface area (Å²) in [5.74, 6) is 0.983. The molecule has 0 aliphatic heterocycles. The van der Waals surface area contributed by atoms with Gasteiger partial charge >= 0.3 is 0 Å². The third-order valence-corrected chi connectivity index (χ3v) is 2.29. The second-order valence-corrected chi connectivity index (χ2v) is 4.08. The number of aromatic nitrogens is 4. The maximum Gasteiger partial charge on any atom is 0.222 e.